The van der Waals surface area contributed by atoms with Gasteiger partial charge in [0.25, 0.3) is 0 Å². The molecular formula is C27H20FN5O3. The number of rotatable bonds is 6. The van der Waals surface area contributed by atoms with E-state index in [1.165, 1.54) is 10.7 Å². The van der Waals surface area contributed by atoms with Gasteiger partial charge in [0, 0.05) is 34.7 Å². The van der Waals surface area contributed by atoms with E-state index in [0.29, 0.717) is 11.4 Å². The van der Waals surface area contributed by atoms with E-state index >= 15 is 0 Å². The van der Waals surface area contributed by atoms with E-state index in [0.717, 1.165) is 39.9 Å². The minimum atomic E-state index is -1.29. The zero-order valence-electron chi connectivity index (χ0n) is 19.1. The number of benzene rings is 2. The molecule has 0 radical (unpaired) electrons. The molecule has 9 heteroatoms. The van der Waals surface area contributed by atoms with Gasteiger partial charge < -0.3 is 10.4 Å². The van der Waals surface area contributed by atoms with Crippen LogP contribution >= 0.6 is 0 Å². The summed E-state index contributed by atoms with van der Waals surface area (Å²) in [5.74, 6) is -2.54. The van der Waals surface area contributed by atoms with Crippen LogP contribution in [0.15, 0.2) is 79.1 Å². The van der Waals surface area contributed by atoms with Crippen LogP contribution in [0.5, 0.6) is 0 Å². The Kier molecular flexibility index (Phi) is 5.95. The zero-order valence-corrected chi connectivity index (χ0v) is 19.1. The minimum Gasteiger partial charge on any atom is -0.478 e. The van der Waals surface area contributed by atoms with Crippen LogP contribution in [0, 0.1) is 12.7 Å². The average molecular weight is 481 g/mol. The summed E-state index contributed by atoms with van der Waals surface area (Å²) in [5.41, 5.74) is 4.35. The Morgan fingerprint density at radius 3 is 2.67 bits per heavy atom. The van der Waals surface area contributed by atoms with Crippen LogP contribution in [0.1, 0.15) is 16.1 Å². The third kappa shape index (κ3) is 4.67. The first-order valence-electron chi connectivity index (χ1n) is 11.1. The van der Waals surface area contributed by atoms with Gasteiger partial charge in [-0.05, 0) is 55.0 Å². The number of anilines is 1. The quantitative estimate of drug-likeness (QED) is 0.355. The topological polar surface area (TPSA) is 110 Å². The van der Waals surface area contributed by atoms with Gasteiger partial charge in [0.1, 0.15) is 18.1 Å². The first-order chi connectivity index (χ1) is 17.4. The second-order valence-corrected chi connectivity index (χ2v) is 8.21. The molecule has 1 amide bonds. The molecule has 36 heavy (non-hydrogen) atoms. The molecule has 0 saturated carbocycles. The van der Waals surface area contributed by atoms with Crippen molar-refractivity contribution in [2.24, 2.45) is 0 Å². The number of pyridine rings is 2. The molecule has 3 aromatic heterocycles. The number of carboxylic acid groups (broad SMARTS) is 1. The van der Waals surface area contributed by atoms with E-state index in [1.807, 2.05) is 55.5 Å². The molecule has 0 unspecified atom stereocenters. The standard InChI is InChI=1S/C27H20FN5O3/c1-16-5-4-8-24(30-16)26-22(20-9-10-29-23-7-3-2-6-21(20)23)14-33(32-26)15-25(34)31-19-12-17(27(35)36)11-18(28)13-19/h2-14H,15H2,1H3,(H,31,34)(H,35,36). The number of carboxylic acids is 1. The summed E-state index contributed by atoms with van der Waals surface area (Å²) in [6, 6.07) is 18.4. The van der Waals surface area contributed by atoms with Gasteiger partial charge in [-0.25, -0.2) is 9.18 Å². The number of hydrogen-bond donors (Lipinski definition) is 2. The second kappa shape index (κ2) is 9.38. The summed E-state index contributed by atoms with van der Waals surface area (Å²) in [5, 5.41) is 17.3. The lowest BCUT2D eigenvalue weighted by atomic mass is 10.0. The molecule has 3 heterocycles. The largest absolute Gasteiger partial charge is 0.478 e. The minimum absolute atomic E-state index is 0.0467. The Bertz CT molecular complexity index is 1620. The van der Waals surface area contributed by atoms with Gasteiger partial charge >= 0.3 is 5.97 Å². The summed E-state index contributed by atoms with van der Waals surface area (Å²) in [7, 11) is 0. The number of para-hydroxylation sites is 1. The smallest absolute Gasteiger partial charge is 0.335 e. The molecule has 0 aliphatic heterocycles. The first-order valence-corrected chi connectivity index (χ1v) is 11.1. The van der Waals surface area contributed by atoms with Crippen molar-refractivity contribution in [3.63, 3.8) is 0 Å². The lowest BCUT2D eigenvalue weighted by molar-refractivity contribution is -0.116. The van der Waals surface area contributed by atoms with Crippen LogP contribution in [0.2, 0.25) is 0 Å². The number of aryl methyl sites for hydroxylation is 1. The summed E-state index contributed by atoms with van der Waals surface area (Å²) >= 11 is 0. The predicted octanol–water partition coefficient (Wildman–Crippen LogP) is 4.94. The second-order valence-electron chi connectivity index (χ2n) is 8.21. The first kappa shape index (κ1) is 22.9. The van der Waals surface area contributed by atoms with Gasteiger partial charge in [-0.15, -0.1) is 0 Å². The Morgan fingerprint density at radius 2 is 1.86 bits per heavy atom. The molecule has 0 aliphatic rings. The van der Waals surface area contributed by atoms with Gasteiger partial charge in [-0.3, -0.25) is 19.4 Å². The van der Waals surface area contributed by atoms with Crippen molar-refractivity contribution in [2.75, 3.05) is 5.32 Å². The Labute approximate surface area is 205 Å². The highest BCUT2D eigenvalue weighted by Crippen LogP contribution is 2.34. The molecule has 0 fully saturated rings. The number of carbonyl (C=O) groups excluding carboxylic acids is 1. The van der Waals surface area contributed by atoms with E-state index < -0.39 is 17.7 Å². The number of nitrogens with one attached hydrogen (secondary N) is 1. The number of aromatic nitrogens is 4. The molecule has 0 aliphatic carbocycles. The molecule has 5 aromatic rings. The number of nitrogens with zero attached hydrogens (tertiary/aromatic N) is 4. The van der Waals surface area contributed by atoms with E-state index in [4.69, 9.17) is 5.11 Å². The molecule has 0 spiro atoms. The molecule has 2 aromatic carbocycles. The summed E-state index contributed by atoms with van der Waals surface area (Å²) < 4.78 is 15.3. The van der Waals surface area contributed by atoms with Crippen LogP contribution in [0.3, 0.4) is 0 Å². The molecule has 178 valence electrons. The SMILES string of the molecule is Cc1cccc(-c2nn(CC(=O)Nc3cc(F)cc(C(=O)O)c3)cc2-c2ccnc3ccccc23)n1. The number of fused-ring (bicyclic) bond motifs is 1. The third-order valence-electron chi connectivity index (χ3n) is 5.57. The van der Waals surface area contributed by atoms with Crippen molar-refractivity contribution in [3.8, 4) is 22.5 Å². The molecule has 0 saturated heterocycles. The van der Waals surface area contributed by atoms with Crippen molar-refractivity contribution in [3.05, 3.63) is 96.2 Å². The molecule has 0 atom stereocenters. The molecule has 0 bridgehead atoms. The van der Waals surface area contributed by atoms with Gasteiger partial charge in [0.05, 0.1) is 16.8 Å². The van der Waals surface area contributed by atoms with Crippen LogP contribution in [-0.2, 0) is 11.3 Å². The average Bonchev–Trinajstić information content (AvgIpc) is 3.26. The lowest BCUT2D eigenvalue weighted by Gasteiger charge is -2.07. The van der Waals surface area contributed by atoms with Crippen LogP contribution < -0.4 is 5.32 Å². The number of hydrogen-bond acceptors (Lipinski definition) is 5. The van der Waals surface area contributed by atoms with Crippen molar-refractivity contribution in [1.82, 2.24) is 19.7 Å². The fourth-order valence-corrected chi connectivity index (χ4v) is 4.03. The van der Waals surface area contributed by atoms with E-state index in [1.54, 1.807) is 12.4 Å². The predicted molar refractivity (Wildman–Crippen MR) is 133 cm³/mol. The van der Waals surface area contributed by atoms with Crippen molar-refractivity contribution in [2.45, 2.75) is 13.5 Å². The highest BCUT2D eigenvalue weighted by Gasteiger charge is 2.18. The molecular weight excluding hydrogens is 461 g/mol. The summed E-state index contributed by atoms with van der Waals surface area (Å²) in [6.45, 7) is 1.71. The normalized spacial score (nSPS) is 10.9. The van der Waals surface area contributed by atoms with Crippen molar-refractivity contribution >= 4 is 28.5 Å². The van der Waals surface area contributed by atoms with Gasteiger partial charge in [0.2, 0.25) is 5.91 Å². The molecule has 5 rings (SSSR count). The van der Waals surface area contributed by atoms with Crippen LogP contribution in [0.4, 0.5) is 10.1 Å². The highest BCUT2D eigenvalue weighted by molar-refractivity contribution is 5.98. The van der Waals surface area contributed by atoms with E-state index in [2.05, 4.69) is 20.4 Å². The molecule has 8 nitrogen and oxygen atoms in total. The van der Waals surface area contributed by atoms with Crippen LogP contribution in [0.25, 0.3) is 33.4 Å². The maximum absolute atomic E-state index is 13.8. The van der Waals surface area contributed by atoms with Gasteiger partial charge in [-0.1, -0.05) is 24.3 Å². The van der Waals surface area contributed by atoms with Crippen LogP contribution in [-0.4, -0.2) is 36.7 Å². The Balaban J connectivity index is 1.53. The summed E-state index contributed by atoms with van der Waals surface area (Å²) in [6.07, 6.45) is 3.48. The fourth-order valence-electron chi connectivity index (χ4n) is 4.03. The van der Waals surface area contributed by atoms with E-state index in [9.17, 15) is 14.0 Å². The Morgan fingerprint density at radius 1 is 1.03 bits per heavy atom. The fraction of sp³-hybridized carbons (Fsp3) is 0.0741. The maximum Gasteiger partial charge on any atom is 0.335 e. The van der Waals surface area contributed by atoms with Gasteiger partial charge in [0.15, 0.2) is 0 Å². The number of halogens is 1. The molecule has 2 N–H and O–H groups in total. The third-order valence-corrected chi connectivity index (χ3v) is 5.57. The zero-order chi connectivity index (χ0) is 25.2. The number of carbonyl (C=O) groups is 2. The monoisotopic (exact) mass is 481 g/mol. The van der Waals surface area contributed by atoms with E-state index in [-0.39, 0.29) is 17.8 Å². The number of amides is 1. The van der Waals surface area contributed by atoms with Crippen molar-refractivity contribution in [1.29, 1.82) is 0 Å². The van der Waals surface area contributed by atoms with Crippen molar-refractivity contribution < 1.29 is 19.1 Å². The lowest BCUT2D eigenvalue weighted by Crippen LogP contribution is -2.19. The highest BCUT2D eigenvalue weighted by atomic mass is 19.1. The maximum atomic E-state index is 13.8. The Hall–Kier alpha value is -4.92. The number of aromatic carboxylic acids is 1. The summed E-state index contributed by atoms with van der Waals surface area (Å²) in [4.78, 5) is 33.0. The van der Waals surface area contributed by atoms with Gasteiger partial charge in [-0.2, -0.15) is 5.10 Å².